The SMILES string of the molecule is CSc1ccc(C(=O)NC(c2ccccc2)C(O)C(=O)Nc2ccc3nc(N)[nH]c3c2)cc1. The number of carbonyl (C=O) groups excluding carboxylic acids is 2. The molecule has 8 nitrogen and oxygen atoms in total. The summed E-state index contributed by atoms with van der Waals surface area (Å²) < 4.78 is 0. The Morgan fingerprint density at radius 3 is 2.48 bits per heavy atom. The second kappa shape index (κ2) is 9.76. The van der Waals surface area contributed by atoms with Crippen LogP contribution in [0.15, 0.2) is 77.7 Å². The molecule has 33 heavy (non-hydrogen) atoms. The van der Waals surface area contributed by atoms with Gasteiger partial charge in [0.1, 0.15) is 0 Å². The number of aliphatic hydroxyl groups is 1. The first-order valence-corrected chi connectivity index (χ1v) is 11.4. The molecule has 2 atom stereocenters. The lowest BCUT2D eigenvalue weighted by molar-refractivity contribution is -0.125. The van der Waals surface area contributed by atoms with Crippen molar-refractivity contribution in [3.63, 3.8) is 0 Å². The van der Waals surface area contributed by atoms with Crippen LogP contribution in [0.1, 0.15) is 22.0 Å². The van der Waals surface area contributed by atoms with Crippen LogP contribution < -0.4 is 16.4 Å². The summed E-state index contributed by atoms with van der Waals surface area (Å²) >= 11 is 1.57. The van der Waals surface area contributed by atoms with Crippen LogP contribution in [0.25, 0.3) is 11.0 Å². The van der Waals surface area contributed by atoms with Crippen LogP contribution in [0.3, 0.4) is 0 Å². The maximum absolute atomic E-state index is 12.9. The van der Waals surface area contributed by atoms with E-state index in [2.05, 4.69) is 20.6 Å². The summed E-state index contributed by atoms with van der Waals surface area (Å²) in [4.78, 5) is 33.8. The molecule has 0 fully saturated rings. The minimum atomic E-state index is -1.54. The molecule has 4 aromatic rings. The van der Waals surface area contributed by atoms with Crippen molar-refractivity contribution >= 4 is 46.2 Å². The molecule has 9 heteroatoms. The highest BCUT2D eigenvalue weighted by Crippen LogP contribution is 2.22. The zero-order chi connectivity index (χ0) is 23.4. The standard InChI is InChI=1S/C24H23N5O3S/c1-33-17-10-7-15(8-11-17)22(31)29-20(14-5-3-2-4-6-14)21(30)23(32)26-16-9-12-18-19(13-16)28-24(25)27-18/h2-13,20-21,30H,1H3,(H,26,32)(H,29,31)(H3,25,27,28). The molecular weight excluding hydrogens is 438 g/mol. The third-order valence-corrected chi connectivity index (χ3v) is 5.89. The fourth-order valence-electron chi connectivity index (χ4n) is 3.45. The molecule has 0 saturated carbocycles. The van der Waals surface area contributed by atoms with Gasteiger partial charge >= 0.3 is 0 Å². The first kappa shape index (κ1) is 22.4. The van der Waals surface area contributed by atoms with E-state index < -0.39 is 24.0 Å². The number of fused-ring (bicyclic) bond motifs is 1. The monoisotopic (exact) mass is 461 g/mol. The van der Waals surface area contributed by atoms with E-state index in [0.29, 0.717) is 27.8 Å². The Kier molecular flexibility index (Phi) is 6.62. The van der Waals surface area contributed by atoms with E-state index in [4.69, 9.17) is 5.73 Å². The Morgan fingerprint density at radius 2 is 1.79 bits per heavy atom. The topological polar surface area (TPSA) is 133 Å². The molecule has 168 valence electrons. The maximum Gasteiger partial charge on any atom is 0.255 e. The van der Waals surface area contributed by atoms with E-state index in [0.717, 1.165) is 4.90 Å². The molecule has 0 saturated heterocycles. The number of carbonyl (C=O) groups is 2. The number of nitrogen functional groups attached to an aromatic ring is 1. The number of aliphatic hydroxyl groups excluding tert-OH is 1. The van der Waals surface area contributed by atoms with Gasteiger partial charge in [-0.25, -0.2) is 4.98 Å². The van der Waals surface area contributed by atoms with Gasteiger partial charge in [0.25, 0.3) is 11.8 Å². The summed E-state index contributed by atoms with van der Waals surface area (Å²) in [5.41, 5.74) is 8.48. The molecule has 1 heterocycles. The van der Waals surface area contributed by atoms with Crippen molar-refractivity contribution in [2.24, 2.45) is 0 Å². The van der Waals surface area contributed by atoms with Crippen LogP contribution in [-0.4, -0.2) is 39.2 Å². The Hall–Kier alpha value is -3.82. The van der Waals surface area contributed by atoms with Crippen molar-refractivity contribution in [1.29, 1.82) is 0 Å². The second-order valence-corrected chi connectivity index (χ2v) is 8.26. The summed E-state index contributed by atoms with van der Waals surface area (Å²) in [5, 5.41) is 16.4. The molecule has 0 aliphatic rings. The van der Waals surface area contributed by atoms with Gasteiger partial charge in [0.2, 0.25) is 0 Å². The minimum Gasteiger partial charge on any atom is -0.381 e. The lowest BCUT2D eigenvalue weighted by Crippen LogP contribution is -2.42. The number of anilines is 2. The molecular formula is C24H23N5O3S. The highest BCUT2D eigenvalue weighted by Gasteiger charge is 2.29. The Morgan fingerprint density at radius 1 is 1.06 bits per heavy atom. The highest BCUT2D eigenvalue weighted by atomic mass is 32.2. The molecule has 3 aromatic carbocycles. The molecule has 6 N–H and O–H groups in total. The van der Waals surface area contributed by atoms with Gasteiger partial charge in [-0.1, -0.05) is 30.3 Å². The number of H-pyrrole nitrogens is 1. The van der Waals surface area contributed by atoms with E-state index >= 15 is 0 Å². The number of aromatic nitrogens is 2. The minimum absolute atomic E-state index is 0.269. The largest absolute Gasteiger partial charge is 0.381 e. The lowest BCUT2D eigenvalue weighted by Gasteiger charge is -2.24. The van der Waals surface area contributed by atoms with Gasteiger partial charge in [-0.2, -0.15) is 0 Å². The molecule has 0 spiro atoms. The first-order valence-electron chi connectivity index (χ1n) is 10.2. The van der Waals surface area contributed by atoms with Crippen LogP contribution in [0.5, 0.6) is 0 Å². The number of rotatable bonds is 7. The van der Waals surface area contributed by atoms with Gasteiger partial charge in [-0.05, 0) is 54.3 Å². The zero-order valence-corrected chi connectivity index (χ0v) is 18.6. The molecule has 2 unspecified atom stereocenters. The molecule has 0 aliphatic heterocycles. The molecule has 2 amide bonds. The smallest absolute Gasteiger partial charge is 0.255 e. The van der Waals surface area contributed by atoms with Gasteiger partial charge in [0.05, 0.1) is 17.1 Å². The summed E-state index contributed by atoms with van der Waals surface area (Å²) in [5.74, 6) is -0.780. The Bertz CT molecular complexity index is 1270. The Balaban J connectivity index is 1.54. The van der Waals surface area contributed by atoms with E-state index in [1.165, 1.54) is 0 Å². The fraction of sp³-hybridized carbons (Fsp3) is 0.125. The number of benzene rings is 3. The summed E-state index contributed by atoms with van der Waals surface area (Å²) in [7, 11) is 0. The predicted molar refractivity (Wildman–Crippen MR) is 130 cm³/mol. The van der Waals surface area contributed by atoms with Crippen LogP contribution in [0.2, 0.25) is 0 Å². The Labute approximate surface area is 194 Å². The van der Waals surface area contributed by atoms with E-state index in [1.807, 2.05) is 24.5 Å². The number of nitrogens with zero attached hydrogens (tertiary/aromatic N) is 1. The zero-order valence-electron chi connectivity index (χ0n) is 17.8. The van der Waals surface area contributed by atoms with Crippen LogP contribution >= 0.6 is 11.8 Å². The average molecular weight is 462 g/mol. The average Bonchev–Trinajstić information content (AvgIpc) is 3.21. The van der Waals surface area contributed by atoms with Crippen molar-refractivity contribution in [2.75, 3.05) is 17.3 Å². The number of nitrogens with two attached hydrogens (primary N) is 1. The van der Waals surface area contributed by atoms with Gasteiger partial charge < -0.3 is 26.5 Å². The van der Waals surface area contributed by atoms with Gasteiger partial charge in [0.15, 0.2) is 12.1 Å². The number of hydrogen-bond donors (Lipinski definition) is 5. The van der Waals surface area contributed by atoms with Crippen LogP contribution in [0, 0.1) is 0 Å². The van der Waals surface area contributed by atoms with Crippen molar-refractivity contribution in [1.82, 2.24) is 15.3 Å². The number of aromatic amines is 1. The van der Waals surface area contributed by atoms with E-state index in [9.17, 15) is 14.7 Å². The third-order valence-electron chi connectivity index (χ3n) is 5.15. The van der Waals surface area contributed by atoms with Gasteiger partial charge in [-0.3, -0.25) is 9.59 Å². The first-order chi connectivity index (χ1) is 15.9. The summed E-state index contributed by atoms with van der Waals surface area (Å²) in [6.45, 7) is 0. The van der Waals surface area contributed by atoms with E-state index in [1.54, 1.807) is 66.4 Å². The van der Waals surface area contributed by atoms with Crippen LogP contribution in [-0.2, 0) is 4.79 Å². The van der Waals surface area contributed by atoms with Crippen molar-refractivity contribution in [2.45, 2.75) is 17.0 Å². The van der Waals surface area contributed by atoms with Crippen molar-refractivity contribution < 1.29 is 14.7 Å². The second-order valence-electron chi connectivity index (χ2n) is 7.38. The van der Waals surface area contributed by atoms with Crippen molar-refractivity contribution in [3.8, 4) is 0 Å². The molecule has 0 bridgehead atoms. The number of thioether (sulfide) groups is 1. The van der Waals surface area contributed by atoms with Crippen LogP contribution in [0.4, 0.5) is 11.6 Å². The highest BCUT2D eigenvalue weighted by molar-refractivity contribution is 7.98. The number of nitrogens with one attached hydrogen (secondary N) is 3. The fourth-order valence-corrected chi connectivity index (χ4v) is 3.85. The molecule has 4 rings (SSSR count). The number of imidazole rings is 1. The normalized spacial score (nSPS) is 12.8. The van der Waals surface area contributed by atoms with Crippen molar-refractivity contribution in [3.05, 3.63) is 83.9 Å². The number of amides is 2. The summed E-state index contributed by atoms with van der Waals surface area (Å²) in [6, 6.07) is 20.1. The van der Waals surface area contributed by atoms with E-state index in [-0.39, 0.29) is 5.95 Å². The quantitative estimate of drug-likeness (QED) is 0.268. The van der Waals surface area contributed by atoms with Gasteiger partial charge in [0, 0.05) is 16.1 Å². The molecule has 0 aliphatic carbocycles. The third kappa shape index (κ3) is 5.16. The molecule has 0 radical (unpaired) electrons. The lowest BCUT2D eigenvalue weighted by atomic mass is 10.00. The predicted octanol–water partition coefficient (Wildman–Crippen LogP) is 3.34. The molecule has 1 aromatic heterocycles. The van der Waals surface area contributed by atoms with Gasteiger partial charge in [-0.15, -0.1) is 11.8 Å². The maximum atomic E-state index is 12.9. The summed E-state index contributed by atoms with van der Waals surface area (Å²) in [6.07, 6.45) is 0.415. The number of hydrogen-bond acceptors (Lipinski definition) is 6.